The lowest BCUT2D eigenvalue weighted by molar-refractivity contribution is 0.0734. The van der Waals surface area contributed by atoms with Crippen LogP contribution in [0, 0.1) is 0 Å². The quantitative estimate of drug-likeness (QED) is 0.131. The predicted octanol–water partition coefficient (Wildman–Crippen LogP) is 8.00. The Morgan fingerprint density at radius 2 is 1.18 bits per heavy atom. The summed E-state index contributed by atoms with van der Waals surface area (Å²) in [5.74, 6) is 1.59. The fourth-order valence-electron chi connectivity index (χ4n) is 3.62. The van der Waals surface area contributed by atoms with Gasteiger partial charge in [0.1, 0.15) is 23.9 Å². The van der Waals surface area contributed by atoms with E-state index in [0.717, 1.165) is 17.7 Å². The van der Waals surface area contributed by atoms with E-state index in [1.165, 1.54) is 44.9 Å². The van der Waals surface area contributed by atoms with Crippen LogP contribution < -0.4 is 14.2 Å². The lowest BCUT2D eigenvalue weighted by Crippen LogP contribution is -2.08. The molecule has 0 saturated carbocycles. The first kappa shape index (κ1) is 25.4. The Bertz CT molecular complexity index is 949. The van der Waals surface area contributed by atoms with E-state index in [1.54, 1.807) is 36.4 Å². The Kier molecular flexibility index (Phi) is 11.0. The van der Waals surface area contributed by atoms with E-state index in [4.69, 9.17) is 14.2 Å². The Balaban J connectivity index is 1.34. The van der Waals surface area contributed by atoms with Gasteiger partial charge < -0.3 is 14.2 Å². The number of rotatable bonds is 15. The van der Waals surface area contributed by atoms with Gasteiger partial charge in [0.05, 0.1) is 12.2 Å². The molecule has 0 aliphatic heterocycles. The molecule has 0 unspecified atom stereocenters. The molecular weight excluding hydrogens is 424 g/mol. The zero-order chi connectivity index (χ0) is 23.8. The highest BCUT2D eigenvalue weighted by atomic mass is 16.5. The average molecular weight is 461 g/mol. The van der Waals surface area contributed by atoms with Gasteiger partial charge in [0, 0.05) is 0 Å². The van der Waals surface area contributed by atoms with Crippen molar-refractivity contribution in [3.8, 4) is 17.2 Å². The van der Waals surface area contributed by atoms with E-state index >= 15 is 0 Å². The molecule has 3 rings (SSSR count). The van der Waals surface area contributed by atoms with E-state index in [0.29, 0.717) is 30.3 Å². The highest BCUT2D eigenvalue weighted by molar-refractivity contribution is 5.91. The van der Waals surface area contributed by atoms with Gasteiger partial charge in [-0.3, -0.25) is 0 Å². The lowest BCUT2D eigenvalue weighted by Gasteiger charge is -2.09. The van der Waals surface area contributed by atoms with Gasteiger partial charge in [-0.25, -0.2) is 4.79 Å². The molecule has 0 spiro atoms. The smallest absolute Gasteiger partial charge is 0.343 e. The van der Waals surface area contributed by atoms with Crippen molar-refractivity contribution in [2.45, 2.75) is 64.9 Å². The third kappa shape index (κ3) is 9.30. The van der Waals surface area contributed by atoms with Crippen LogP contribution in [0.2, 0.25) is 0 Å². The second kappa shape index (κ2) is 14.8. The highest BCUT2D eigenvalue weighted by Crippen LogP contribution is 2.20. The van der Waals surface area contributed by atoms with Crippen LogP contribution in [0.25, 0.3) is 0 Å². The van der Waals surface area contributed by atoms with E-state index in [2.05, 4.69) is 6.92 Å². The Labute approximate surface area is 203 Å². The van der Waals surface area contributed by atoms with Gasteiger partial charge in [-0.1, -0.05) is 82.2 Å². The van der Waals surface area contributed by atoms with Crippen molar-refractivity contribution < 1.29 is 19.0 Å². The molecule has 0 atom stereocenters. The minimum atomic E-state index is -0.401. The van der Waals surface area contributed by atoms with Crippen molar-refractivity contribution in [2.75, 3.05) is 6.61 Å². The summed E-state index contributed by atoms with van der Waals surface area (Å²) in [5.41, 5.74) is 1.57. The van der Waals surface area contributed by atoms with E-state index in [1.807, 2.05) is 42.5 Å². The number of carbonyl (C=O) groups excluding carboxylic acids is 1. The number of esters is 1. The van der Waals surface area contributed by atoms with Gasteiger partial charge in [0.15, 0.2) is 0 Å². The van der Waals surface area contributed by atoms with Gasteiger partial charge in [-0.2, -0.15) is 0 Å². The molecule has 0 aliphatic rings. The summed E-state index contributed by atoms with van der Waals surface area (Å²) in [6.07, 6.45) is 10.2. The molecular formula is C30H36O4. The predicted molar refractivity (Wildman–Crippen MR) is 137 cm³/mol. The molecule has 0 aliphatic carbocycles. The van der Waals surface area contributed by atoms with Crippen molar-refractivity contribution in [3.05, 3.63) is 90.0 Å². The highest BCUT2D eigenvalue weighted by Gasteiger charge is 2.09. The third-order valence-corrected chi connectivity index (χ3v) is 5.64. The Morgan fingerprint density at radius 3 is 1.85 bits per heavy atom. The fourth-order valence-corrected chi connectivity index (χ4v) is 3.62. The molecule has 0 aromatic heterocycles. The standard InChI is InChI=1S/C30H36O4/c1-2-3-4-5-6-7-8-12-23-32-27-19-21-29(22-20-27)34-30(31)26-15-17-28(18-16-26)33-24-25-13-10-9-11-14-25/h9-11,13-22H,2-8,12,23-24H2,1H3. The van der Waals surface area contributed by atoms with Crippen LogP contribution >= 0.6 is 0 Å². The number of hydrogen-bond donors (Lipinski definition) is 0. The minimum absolute atomic E-state index is 0.401. The first-order valence-corrected chi connectivity index (χ1v) is 12.5. The van der Waals surface area contributed by atoms with Gasteiger partial charge in [0.2, 0.25) is 0 Å². The molecule has 34 heavy (non-hydrogen) atoms. The largest absolute Gasteiger partial charge is 0.494 e. The maximum Gasteiger partial charge on any atom is 0.343 e. The summed E-state index contributed by atoms with van der Waals surface area (Å²) < 4.78 is 17.1. The first-order valence-electron chi connectivity index (χ1n) is 12.5. The molecule has 0 fully saturated rings. The topological polar surface area (TPSA) is 44.8 Å². The van der Waals surface area contributed by atoms with E-state index < -0.39 is 5.97 Å². The second-order valence-electron chi connectivity index (χ2n) is 8.48. The van der Waals surface area contributed by atoms with Gasteiger partial charge in [0.25, 0.3) is 0 Å². The van der Waals surface area contributed by atoms with Crippen molar-refractivity contribution in [1.29, 1.82) is 0 Å². The Morgan fingerprint density at radius 1 is 0.618 bits per heavy atom. The van der Waals surface area contributed by atoms with Crippen LogP contribution in [-0.2, 0) is 6.61 Å². The van der Waals surface area contributed by atoms with Gasteiger partial charge in [-0.05, 0) is 60.5 Å². The molecule has 0 saturated heterocycles. The average Bonchev–Trinajstić information content (AvgIpc) is 2.88. The molecule has 0 heterocycles. The summed E-state index contributed by atoms with van der Waals surface area (Å²) in [6.45, 7) is 3.45. The number of hydrogen-bond acceptors (Lipinski definition) is 4. The van der Waals surface area contributed by atoms with Gasteiger partial charge >= 0.3 is 5.97 Å². The zero-order valence-corrected chi connectivity index (χ0v) is 20.2. The summed E-state index contributed by atoms with van der Waals surface area (Å²) in [7, 11) is 0. The maximum atomic E-state index is 12.5. The molecule has 4 heteroatoms. The van der Waals surface area contributed by atoms with Crippen molar-refractivity contribution in [1.82, 2.24) is 0 Å². The molecule has 3 aromatic carbocycles. The van der Waals surface area contributed by atoms with Gasteiger partial charge in [-0.15, -0.1) is 0 Å². The lowest BCUT2D eigenvalue weighted by atomic mass is 10.1. The van der Waals surface area contributed by atoms with Crippen LogP contribution in [0.15, 0.2) is 78.9 Å². The number of carbonyl (C=O) groups is 1. The van der Waals surface area contributed by atoms with E-state index in [9.17, 15) is 4.79 Å². The van der Waals surface area contributed by atoms with Crippen LogP contribution in [0.5, 0.6) is 17.2 Å². The molecule has 0 radical (unpaired) electrons. The molecule has 0 N–H and O–H groups in total. The first-order chi connectivity index (χ1) is 16.7. The van der Waals surface area contributed by atoms with Crippen LogP contribution in [0.3, 0.4) is 0 Å². The van der Waals surface area contributed by atoms with Crippen molar-refractivity contribution in [3.63, 3.8) is 0 Å². The van der Waals surface area contributed by atoms with Crippen molar-refractivity contribution in [2.24, 2.45) is 0 Å². The third-order valence-electron chi connectivity index (χ3n) is 5.64. The normalized spacial score (nSPS) is 10.6. The summed E-state index contributed by atoms with van der Waals surface area (Å²) >= 11 is 0. The summed E-state index contributed by atoms with van der Waals surface area (Å²) in [5, 5.41) is 0. The fraction of sp³-hybridized carbons (Fsp3) is 0.367. The number of unbranched alkanes of at least 4 members (excludes halogenated alkanes) is 7. The molecule has 0 amide bonds. The molecule has 4 nitrogen and oxygen atoms in total. The minimum Gasteiger partial charge on any atom is -0.494 e. The van der Waals surface area contributed by atoms with E-state index in [-0.39, 0.29) is 0 Å². The molecule has 180 valence electrons. The van der Waals surface area contributed by atoms with Crippen molar-refractivity contribution >= 4 is 5.97 Å². The zero-order valence-electron chi connectivity index (χ0n) is 20.2. The molecule has 0 bridgehead atoms. The summed E-state index contributed by atoms with van der Waals surface area (Å²) in [4.78, 5) is 12.5. The SMILES string of the molecule is CCCCCCCCCCOc1ccc(OC(=O)c2ccc(OCc3ccccc3)cc2)cc1. The van der Waals surface area contributed by atoms with Crippen LogP contribution in [0.4, 0.5) is 0 Å². The molecule has 3 aromatic rings. The van der Waals surface area contributed by atoms with Crippen LogP contribution in [0.1, 0.15) is 74.2 Å². The number of benzene rings is 3. The number of ether oxygens (including phenoxy) is 3. The Hall–Kier alpha value is -3.27. The second-order valence-corrected chi connectivity index (χ2v) is 8.48. The monoisotopic (exact) mass is 460 g/mol. The summed E-state index contributed by atoms with van der Waals surface area (Å²) in [6, 6.07) is 24.1. The maximum absolute atomic E-state index is 12.5. The van der Waals surface area contributed by atoms with Crippen LogP contribution in [-0.4, -0.2) is 12.6 Å².